The van der Waals surface area contributed by atoms with E-state index < -0.39 is 0 Å². The van der Waals surface area contributed by atoms with Crippen LogP contribution < -0.4 is 20.1 Å². The summed E-state index contributed by atoms with van der Waals surface area (Å²) >= 11 is 4.62. The second-order valence-corrected chi connectivity index (χ2v) is 9.90. The molecule has 1 aromatic carbocycles. The first-order chi connectivity index (χ1) is 15.7. The Morgan fingerprint density at radius 1 is 1.06 bits per heavy atom. The van der Waals surface area contributed by atoms with Crippen molar-refractivity contribution in [3.8, 4) is 11.5 Å². The van der Waals surface area contributed by atoms with E-state index in [2.05, 4.69) is 38.3 Å². The molecule has 0 bridgehead atoms. The van der Waals surface area contributed by atoms with Crippen molar-refractivity contribution >= 4 is 45.5 Å². The van der Waals surface area contributed by atoms with E-state index in [-0.39, 0.29) is 5.91 Å². The van der Waals surface area contributed by atoms with Gasteiger partial charge in [0.05, 0.1) is 19.0 Å². The third-order valence-electron chi connectivity index (χ3n) is 4.30. The second kappa shape index (κ2) is 13.3. The molecule has 0 unspecified atom stereocenters. The van der Waals surface area contributed by atoms with Crippen molar-refractivity contribution < 1.29 is 14.3 Å². The highest BCUT2D eigenvalue weighted by atomic mass is 32.2. The molecule has 2 N–H and O–H groups in total. The van der Waals surface area contributed by atoms with Crippen LogP contribution in [-0.2, 0) is 17.6 Å². The average molecular weight is 493 g/mol. The zero-order valence-corrected chi connectivity index (χ0v) is 20.7. The number of rotatable bonds is 14. The molecule has 172 valence electrons. The van der Waals surface area contributed by atoms with Crippen LogP contribution in [0.15, 0.2) is 40.1 Å². The molecule has 0 aliphatic rings. The fraction of sp³-hybridized carbons (Fsp3) is 0.409. The molecule has 10 heteroatoms. The van der Waals surface area contributed by atoms with E-state index in [4.69, 9.17) is 9.47 Å². The number of nitrogens with zero attached hydrogens (tertiary/aromatic N) is 2. The highest BCUT2D eigenvalue weighted by Crippen LogP contribution is 2.29. The highest BCUT2D eigenvalue weighted by Gasteiger charge is 2.09. The maximum absolute atomic E-state index is 12.2. The minimum Gasteiger partial charge on any atom is -0.490 e. The summed E-state index contributed by atoms with van der Waals surface area (Å²) in [6, 6.07) is 10.1. The SMILES string of the molecule is CCOc1ccc(CCNC(=O)CSc2nnc(NCCc3cccs3)s2)cc1OCC. The Balaban J connectivity index is 1.35. The molecule has 0 atom stereocenters. The van der Waals surface area contributed by atoms with Crippen LogP contribution >= 0.6 is 34.4 Å². The maximum atomic E-state index is 12.2. The van der Waals surface area contributed by atoms with Crippen molar-refractivity contribution in [2.75, 3.05) is 37.4 Å². The van der Waals surface area contributed by atoms with E-state index >= 15 is 0 Å². The molecule has 2 heterocycles. The molecule has 0 aliphatic carbocycles. The fourth-order valence-electron chi connectivity index (χ4n) is 2.86. The highest BCUT2D eigenvalue weighted by molar-refractivity contribution is 8.01. The summed E-state index contributed by atoms with van der Waals surface area (Å²) in [5.74, 6) is 1.78. The van der Waals surface area contributed by atoms with E-state index in [9.17, 15) is 4.79 Å². The lowest BCUT2D eigenvalue weighted by atomic mass is 10.1. The van der Waals surface area contributed by atoms with Crippen molar-refractivity contribution in [2.45, 2.75) is 31.0 Å². The van der Waals surface area contributed by atoms with E-state index in [0.29, 0.717) is 25.5 Å². The number of ether oxygens (including phenoxy) is 2. The minimum absolute atomic E-state index is 0.0200. The van der Waals surface area contributed by atoms with Gasteiger partial charge in [-0.15, -0.1) is 21.5 Å². The molecular formula is C22H28N4O3S3. The van der Waals surface area contributed by atoms with Gasteiger partial charge in [0.15, 0.2) is 15.8 Å². The molecule has 0 fully saturated rings. The summed E-state index contributed by atoms with van der Waals surface area (Å²) in [5.41, 5.74) is 1.09. The monoisotopic (exact) mass is 492 g/mol. The summed E-state index contributed by atoms with van der Waals surface area (Å²) in [5, 5.41) is 17.4. The Morgan fingerprint density at radius 3 is 2.69 bits per heavy atom. The van der Waals surface area contributed by atoms with Crippen molar-refractivity contribution in [3.05, 3.63) is 46.2 Å². The third kappa shape index (κ3) is 7.99. The number of nitrogens with one attached hydrogen (secondary N) is 2. The largest absolute Gasteiger partial charge is 0.490 e. The fourth-order valence-corrected chi connectivity index (χ4v) is 5.18. The van der Waals surface area contributed by atoms with E-state index in [0.717, 1.165) is 45.9 Å². The molecule has 0 saturated heterocycles. The summed E-state index contributed by atoms with van der Waals surface area (Å²) in [7, 11) is 0. The predicted molar refractivity (Wildman–Crippen MR) is 133 cm³/mol. The first-order valence-electron chi connectivity index (χ1n) is 10.6. The number of thiophene rings is 1. The molecule has 1 amide bonds. The number of carbonyl (C=O) groups excluding carboxylic acids is 1. The molecule has 0 radical (unpaired) electrons. The first-order valence-corrected chi connectivity index (χ1v) is 13.2. The molecular weight excluding hydrogens is 464 g/mol. The minimum atomic E-state index is -0.0200. The van der Waals surface area contributed by atoms with E-state index in [1.807, 2.05) is 32.0 Å². The van der Waals surface area contributed by atoms with Gasteiger partial charge in [-0.2, -0.15) is 0 Å². The van der Waals surface area contributed by atoms with Gasteiger partial charge < -0.3 is 20.1 Å². The van der Waals surface area contributed by atoms with Crippen LogP contribution in [-0.4, -0.2) is 48.2 Å². The number of aromatic nitrogens is 2. The normalized spacial score (nSPS) is 10.7. The number of anilines is 1. The number of thioether (sulfide) groups is 1. The molecule has 2 aromatic heterocycles. The predicted octanol–water partition coefficient (Wildman–Crippen LogP) is 4.50. The van der Waals surface area contributed by atoms with Crippen LogP contribution in [0.2, 0.25) is 0 Å². The van der Waals surface area contributed by atoms with Gasteiger partial charge in [-0.05, 0) is 55.8 Å². The maximum Gasteiger partial charge on any atom is 0.230 e. The number of amides is 1. The van der Waals surface area contributed by atoms with Gasteiger partial charge in [0.2, 0.25) is 11.0 Å². The van der Waals surface area contributed by atoms with Gasteiger partial charge >= 0.3 is 0 Å². The molecule has 0 saturated carbocycles. The Hall–Kier alpha value is -2.30. The summed E-state index contributed by atoms with van der Waals surface area (Å²) in [6.07, 6.45) is 1.68. The van der Waals surface area contributed by atoms with Gasteiger partial charge in [0.1, 0.15) is 0 Å². The van der Waals surface area contributed by atoms with Crippen LogP contribution in [0.5, 0.6) is 11.5 Å². The third-order valence-corrected chi connectivity index (χ3v) is 7.26. The summed E-state index contributed by atoms with van der Waals surface area (Å²) < 4.78 is 12.0. The van der Waals surface area contributed by atoms with Crippen molar-refractivity contribution in [1.82, 2.24) is 15.5 Å². The van der Waals surface area contributed by atoms with Gasteiger partial charge in [-0.25, -0.2) is 0 Å². The zero-order chi connectivity index (χ0) is 22.6. The van der Waals surface area contributed by atoms with Crippen LogP contribution in [0.25, 0.3) is 0 Å². The Labute approximate surface area is 200 Å². The lowest BCUT2D eigenvalue weighted by Gasteiger charge is -2.12. The van der Waals surface area contributed by atoms with Gasteiger partial charge in [-0.1, -0.05) is 35.2 Å². The van der Waals surface area contributed by atoms with Crippen molar-refractivity contribution in [1.29, 1.82) is 0 Å². The van der Waals surface area contributed by atoms with Crippen molar-refractivity contribution in [3.63, 3.8) is 0 Å². The average Bonchev–Trinajstić information content (AvgIpc) is 3.47. The van der Waals surface area contributed by atoms with Gasteiger partial charge in [0, 0.05) is 18.0 Å². The molecule has 32 heavy (non-hydrogen) atoms. The first kappa shape index (κ1) is 24.3. The quantitative estimate of drug-likeness (QED) is 0.320. The zero-order valence-electron chi connectivity index (χ0n) is 18.3. The smallest absolute Gasteiger partial charge is 0.230 e. The standard InChI is InChI=1S/C22H28N4O3S3/c1-3-28-18-8-7-16(14-19(18)29-4-2)9-11-23-20(27)15-31-22-26-25-21(32-22)24-12-10-17-6-5-13-30-17/h5-8,13-14H,3-4,9-12,15H2,1-2H3,(H,23,27)(H,24,25). The molecule has 3 aromatic rings. The van der Waals surface area contributed by atoms with Gasteiger partial charge in [-0.3, -0.25) is 4.79 Å². The molecule has 3 rings (SSSR count). The number of carbonyl (C=O) groups is 1. The van der Waals surface area contributed by atoms with Crippen LogP contribution in [0, 0.1) is 0 Å². The lowest BCUT2D eigenvalue weighted by molar-refractivity contribution is -0.118. The van der Waals surface area contributed by atoms with E-state index in [1.54, 1.807) is 11.3 Å². The van der Waals surface area contributed by atoms with Crippen LogP contribution in [0.3, 0.4) is 0 Å². The molecule has 0 spiro atoms. The summed E-state index contributed by atoms with van der Waals surface area (Å²) in [6.45, 7) is 6.44. The van der Waals surface area contributed by atoms with Crippen LogP contribution in [0.1, 0.15) is 24.3 Å². The Kier molecular flexibility index (Phi) is 10.1. The molecule has 7 nitrogen and oxygen atoms in total. The van der Waals surface area contributed by atoms with Crippen LogP contribution in [0.4, 0.5) is 5.13 Å². The number of hydrogen-bond acceptors (Lipinski definition) is 9. The molecule has 0 aliphatic heterocycles. The Bertz CT molecular complexity index is 963. The lowest BCUT2D eigenvalue weighted by Crippen LogP contribution is -2.27. The van der Waals surface area contributed by atoms with Gasteiger partial charge in [0.25, 0.3) is 0 Å². The second-order valence-electron chi connectivity index (χ2n) is 6.67. The van der Waals surface area contributed by atoms with E-state index in [1.165, 1.54) is 28.0 Å². The Morgan fingerprint density at radius 2 is 1.91 bits per heavy atom. The number of hydrogen-bond donors (Lipinski definition) is 2. The number of benzene rings is 1. The topological polar surface area (TPSA) is 85.4 Å². The summed E-state index contributed by atoms with van der Waals surface area (Å²) in [4.78, 5) is 13.5. The van der Waals surface area contributed by atoms with Crippen molar-refractivity contribution in [2.24, 2.45) is 0 Å².